The highest BCUT2D eigenvalue weighted by Gasteiger charge is 2.43. The van der Waals surface area contributed by atoms with Crippen molar-refractivity contribution in [2.45, 2.75) is 25.4 Å². The first kappa shape index (κ1) is 6.62. The molecule has 1 aliphatic carbocycles. The Hall–Kier alpha value is -0.0800. The lowest BCUT2D eigenvalue weighted by Crippen LogP contribution is -2.12. The molecule has 1 saturated heterocycles. The molecule has 0 aromatic heterocycles. The highest BCUT2D eigenvalue weighted by molar-refractivity contribution is 4.93. The Labute approximate surface area is 61.7 Å². The SMILES string of the molecule is NC[C@@H]1C[C@H]1[C@H]1CCCO1. The zero-order valence-corrected chi connectivity index (χ0v) is 6.25. The van der Waals surface area contributed by atoms with Gasteiger partial charge in [-0.1, -0.05) is 0 Å². The first-order valence-electron chi connectivity index (χ1n) is 4.23. The molecule has 2 nitrogen and oxygen atoms in total. The zero-order valence-electron chi connectivity index (χ0n) is 6.25. The minimum absolute atomic E-state index is 0.577. The van der Waals surface area contributed by atoms with Crippen LogP contribution in [0.15, 0.2) is 0 Å². The molecule has 2 heteroatoms. The van der Waals surface area contributed by atoms with Crippen molar-refractivity contribution in [3.63, 3.8) is 0 Å². The first-order chi connectivity index (χ1) is 4.92. The summed E-state index contributed by atoms with van der Waals surface area (Å²) in [5.41, 5.74) is 5.54. The summed E-state index contributed by atoms with van der Waals surface area (Å²) in [7, 11) is 0. The lowest BCUT2D eigenvalue weighted by atomic mass is 10.1. The molecule has 1 heterocycles. The van der Waals surface area contributed by atoms with Crippen LogP contribution in [0, 0.1) is 11.8 Å². The second kappa shape index (κ2) is 2.51. The van der Waals surface area contributed by atoms with Crippen molar-refractivity contribution in [1.82, 2.24) is 0 Å². The fourth-order valence-corrected chi connectivity index (χ4v) is 1.94. The van der Waals surface area contributed by atoms with Crippen LogP contribution in [0.25, 0.3) is 0 Å². The third-order valence-corrected chi connectivity index (χ3v) is 2.72. The van der Waals surface area contributed by atoms with Crippen LogP contribution >= 0.6 is 0 Å². The van der Waals surface area contributed by atoms with Crippen LogP contribution in [-0.4, -0.2) is 19.3 Å². The Morgan fingerprint density at radius 2 is 2.40 bits per heavy atom. The number of nitrogens with two attached hydrogens (primary N) is 1. The van der Waals surface area contributed by atoms with Gasteiger partial charge in [-0.3, -0.25) is 0 Å². The summed E-state index contributed by atoms with van der Waals surface area (Å²) in [6, 6.07) is 0. The molecule has 2 rings (SSSR count). The summed E-state index contributed by atoms with van der Waals surface area (Å²) in [5.74, 6) is 1.62. The summed E-state index contributed by atoms with van der Waals surface area (Å²) in [5, 5.41) is 0. The minimum atomic E-state index is 0.577. The molecule has 0 spiro atoms. The van der Waals surface area contributed by atoms with Crippen LogP contribution < -0.4 is 5.73 Å². The highest BCUT2D eigenvalue weighted by atomic mass is 16.5. The smallest absolute Gasteiger partial charge is 0.0607 e. The van der Waals surface area contributed by atoms with Crippen molar-refractivity contribution in [3.8, 4) is 0 Å². The molecule has 0 aromatic carbocycles. The van der Waals surface area contributed by atoms with Crippen molar-refractivity contribution < 1.29 is 4.74 Å². The van der Waals surface area contributed by atoms with Gasteiger partial charge in [-0.05, 0) is 37.6 Å². The summed E-state index contributed by atoms with van der Waals surface area (Å²) >= 11 is 0. The Morgan fingerprint density at radius 1 is 1.50 bits per heavy atom. The fraction of sp³-hybridized carbons (Fsp3) is 1.00. The normalized spacial score (nSPS) is 45.9. The van der Waals surface area contributed by atoms with E-state index in [1.807, 2.05) is 0 Å². The number of ether oxygens (including phenoxy) is 1. The number of rotatable bonds is 2. The van der Waals surface area contributed by atoms with Crippen molar-refractivity contribution in [1.29, 1.82) is 0 Å². The van der Waals surface area contributed by atoms with E-state index in [2.05, 4.69) is 0 Å². The van der Waals surface area contributed by atoms with Crippen molar-refractivity contribution >= 4 is 0 Å². The average molecular weight is 141 g/mol. The van der Waals surface area contributed by atoms with Crippen molar-refractivity contribution in [3.05, 3.63) is 0 Å². The number of hydrogen-bond donors (Lipinski definition) is 1. The van der Waals surface area contributed by atoms with Crippen molar-refractivity contribution in [2.75, 3.05) is 13.2 Å². The molecule has 10 heavy (non-hydrogen) atoms. The Kier molecular flexibility index (Phi) is 1.66. The summed E-state index contributed by atoms with van der Waals surface area (Å²) in [6.07, 6.45) is 4.44. The van der Waals surface area contributed by atoms with Gasteiger partial charge in [0, 0.05) is 6.61 Å². The largest absolute Gasteiger partial charge is 0.378 e. The second-order valence-electron chi connectivity index (χ2n) is 3.45. The predicted molar refractivity (Wildman–Crippen MR) is 39.6 cm³/mol. The molecule has 2 N–H and O–H groups in total. The molecule has 0 amide bonds. The van der Waals surface area contributed by atoms with E-state index in [9.17, 15) is 0 Å². The molecular formula is C8H15NO. The van der Waals surface area contributed by atoms with Crippen LogP contribution in [0.2, 0.25) is 0 Å². The molecule has 0 aromatic rings. The zero-order chi connectivity index (χ0) is 6.97. The van der Waals surface area contributed by atoms with Gasteiger partial charge >= 0.3 is 0 Å². The van der Waals surface area contributed by atoms with Crippen LogP contribution in [-0.2, 0) is 4.74 Å². The summed E-state index contributed by atoms with van der Waals surface area (Å²) in [6.45, 7) is 1.85. The van der Waals surface area contributed by atoms with E-state index in [0.717, 1.165) is 25.0 Å². The molecule has 58 valence electrons. The summed E-state index contributed by atoms with van der Waals surface area (Å²) in [4.78, 5) is 0. The minimum Gasteiger partial charge on any atom is -0.378 e. The Balaban J connectivity index is 1.79. The lowest BCUT2D eigenvalue weighted by Gasteiger charge is -2.06. The molecular weight excluding hydrogens is 126 g/mol. The molecule has 0 bridgehead atoms. The average Bonchev–Trinajstić information content (AvgIpc) is 2.56. The Bertz CT molecular complexity index is 120. The van der Waals surface area contributed by atoms with Gasteiger partial charge in [0.1, 0.15) is 0 Å². The van der Waals surface area contributed by atoms with Crippen molar-refractivity contribution in [2.24, 2.45) is 17.6 Å². The molecule has 1 aliphatic heterocycles. The maximum absolute atomic E-state index is 5.55. The van der Waals surface area contributed by atoms with E-state index in [-0.39, 0.29) is 0 Å². The van der Waals surface area contributed by atoms with Crippen LogP contribution in [0.1, 0.15) is 19.3 Å². The molecule has 2 fully saturated rings. The van der Waals surface area contributed by atoms with E-state index in [1.165, 1.54) is 19.3 Å². The second-order valence-corrected chi connectivity index (χ2v) is 3.45. The maximum Gasteiger partial charge on any atom is 0.0607 e. The topological polar surface area (TPSA) is 35.2 Å². The molecule has 1 saturated carbocycles. The predicted octanol–water partition coefficient (Wildman–Crippen LogP) is 0.760. The third-order valence-electron chi connectivity index (χ3n) is 2.72. The van der Waals surface area contributed by atoms with E-state index in [0.29, 0.717) is 6.10 Å². The van der Waals surface area contributed by atoms with E-state index < -0.39 is 0 Å². The highest BCUT2D eigenvalue weighted by Crippen LogP contribution is 2.44. The van der Waals surface area contributed by atoms with Crippen LogP contribution in [0.5, 0.6) is 0 Å². The van der Waals surface area contributed by atoms with E-state index >= 15 is 0 Å². The van der Waals surface area contributed by atoms with Gasteiger partial charge in [0.2, 0.25) is 0 Å². The van der Waals surface area contributed by atoms with Gasteiger partial charge in [0.25, 0.3) is 0 Å². The third kappa shape index (κ3) is 1.06. The number of hydrogen-bond acceptors (Lipinski definition) is 2. The molecule has 0 unspecified atom stereocenters. The Morgan fingerprint density at radius 3 is 2.90 bits per heavy atom. The molecule has 0 radical (unpaired) electrons. The molecule has 2 aliphatic rings. The monoisotopic (exact) mass is 141 g/mol. The van der Waals surface area contributed by atoms with E-state index in [4.69, 9.17) is 10.5 Å². The van der Waals surface area contributed by atoms with Crippen LogP contribution in [0.3, 0.4) is 0 Å². The molecule has 3 atom stereocenters. The first-order valence-corrected chi connectivity index (χ1v) is 4.23. The van der Waals surface area contributed by atoms with Gasteiger partial charge in [-0.25, -0.2) is 0 Å². The standard InChI is InChI=1S/C8H15NO/c9-5-6-4-7(6)8-2-1-3-10-8/h6-8H,1-5,9H2/t6-,7+,8+/m0/s1. The maximum atomic E-state index is 5.55. The lowest BCUT2D eigenvalue weighted by molar-refractivity contribution is 0.0900. The van der Waals surface area contributed by atoms with Gasteiger partial charge < -0.3 is 10.5 Å². The van der Waals surface area contributed by atoms with Gasteiger partial charge in [0.15, 0.2) is 0 Å². The van der Waals surface area contributed by atoms with E-state index in [1.54, 1.807) is 0 Å². The van der Waals surface area contributed by atoms with Crippen LogP contribution in [0.4, 0.5) is 0 Å². The summed E-state index contributed by atoms with van der Waals surface area (Å²) < 4.78 is 5.55. The van der Waals surface area contributed by atoms with Gasteiger partial charge in [-0.2, -0.15) is 0 Å². The fourth-order valence-electron chi connectivity index (χ4n) is 1.94. The van der Waals surface area contributed by atoms with Gasteiger partial charge in [-0.15, -0.1) is 0 Å². The van der Waals surface area contributed by atoms with Gasteiger partial charge in [0.05, 0.1) is 6.10 Å². The quantitative estimate of drug-likeness (QED) is 0.616.